The predicted molar refractivity (Wildman–Crippen MR) is 82.1 cm³/mol. The van der Waals surface area contributed by atoms with Crippen molar-refractivity contribution in [3.05, 3.63) is 38.7 Å². The molecule has 1 aromatic heterocycles. The summed E-state index contributed by atoms with van der Waals surface area (Å²) in [6.07, 6.45) is 0. The molecule has 3 rings (SSSR count). The molecule has 21 heavy (non-hydrogen) atoms. The molecular formula is C16H19ClNO3+. The summed E-state index contributed by atoms with van der Waals surface area (Å²) in [5.41, 5.74) is 2.06. The van der Waals surface area contributed by atoms with E-state index in [-0.39, 0.29) is 5.63 Å². The van der Waals surface area contributed by atoms with E-state index >= 15 is 0 Å². The van der Waals surface area contributed by atoms with Gasteiger partial charge in [-0.25, -0.2) is 4.79 Å². The second-order valence-electron chi connectivity index (χ2n) is 6.10. The third-order valence-electron chi connectivity index (χ3n) is 3.79. The number of ether oxygens (including phenoxy) is 1. The molecule has 1 atom stereocenters. The fourth-order valence-electron chi connectivity index (χ4n) is 2.96. The Labute approximate surface area is 128 Å². The van der Waals surface area contributed by atoms with E-state index in [0.29, 0.717) is 29.0 Å². The van der Waals surface area contributed by atoms with Crippen LogP contribution < -0.4 is 15.3 Å². The van der Waals surface area contributed by atoms with Crippen LogP contribution in [0.25, 0.3) is 11.0 Å². The van der Waals surface area contributed by atoms with Crippen LogP contribution in [-0.2, 0) is 6.54 Å². The average molecular weight is 309 g/mol. The Morgan fingerprint density at radius 2 is 2.14 bits per heavy atom. The van der Waals surface area contributed by atoms with Gasteiger partial charge in [0.15, 0.2) is 11.3 Å². The van der Waals surface area contributed by atoms with Gasteiger partial charge in [0.2, 0.25) is 6.73 Å². The molecule has 0 bridgehead atoms. The van der Waals surface area contributed by atoms with Crippen LogP contribution in [0.5, 0.6) is 5.75 Å². The molecule has 2 heterocycles. The van der Waals surface area contributed by atoms with Crippen LogP contribution in [0.4, 0.5) is 0 Å². The second-order valence-corrected chi connectivity index (χ2v) is 6.51. The number of quaternary nitrogens is 1. The molecule has 1 aliphatic rings. The topological polar surface area (TPSA) is 43.9 Å². The lowest BCUT2D eigenvalue weighted by Gasteiger charge is -2.28. The Hall–Kier alpha value is -1.52. The maximum Gasteiger partial charge on any atom is 0.336 e. The van der Waals surface area contributed by atoms with Crippen molar-refractivity contribution in [2.45, 2.75) is 27.3 Å². The van der Waals surface area contributed by atoms with Gasteiger partial charge in [-0.15, -0.1) is 0 Å². The SMILES string of the molecule is Cc1cc(=O)oc2c3c(c(Cl)cc12)OC[NH+](CC(C)C)C3. The van der Waals surface area contributed by atoms with Crippen molar-refractivity contribution in [2.24, 2.45) is 5.92 Å². The minimum atomic E-state index is -0.333. The van der Waals surface area contributed by atoms with Gasteiger partial charge in [-0.05, 0) is 18.6 Å². The largest absolute Gasteiger partial charge is 0.443 e. The Balaban J connectivity index is 2.17. The van der Waals surface area contributed by atoms with Gasteiger partial charge in [-0.2, -0.15) is 0 Å². The zero-order valence-corrected chi connectivity index (χ0v) is 13.2. The highest BCUT2D eigenvalue weighted by Gasteiger charge is 2.27. The number of aryl methyl sites for hydroxylation is 1. The molecule has 0 saturated heterocycles. The molecule has 1 aromatic carbocycles. The molecule has 0 amide bonds. The minimum Gasteiger partial charge on any atom is -0.443 e. The maximum atomic E-state index is 11.7. The number of nitrogens with one attached hydrogen (secondary N) is 1. The lowest BCUT2D eigenvalue weighted by molar-refractivity contribution is -0.935. The van der Waals surface area contributed by atoms with Gasteiger partial charge in [0.25, 0.3) is 0 Å². The average Bonchev–Trinajstić information content (AvgIpc) is 2.39. The summed E-state index contributed by atoms with van der Waals surface area (Å²) in [5.74, 6) is 1.23. The molecule has 1 N–H and O–H groups in total. The summed E-state index contributed by atoms with van der Waals surface area (Å²) < 4.78 is 11.3. The van der Waals surface area contributed by atoms with Crippen molar-refractivity contribution in [2.75, 3.05) is 13.3 Å². The first-order chi connectivity index (χ1) is 9.95. The quantitative estimate of drug-likeness (QED) is 0.865. The lowest BCUT2D eigenvalue weighted by Crippen LogP contribution is -3.12. The van der Waals surface area contributed by atoms with Gasteiger partial charge >= 0.3 is 5.63 Å². The first-order valence-corrected chi connectivity index (χ1v) is 7.55. The van der Waals surface area contributed by atoms with E-state index in [9.17, 15) is 4.79 Å². The summed E-state index contributed by atoms with van der Waals surface area (Å²) in [5, 5.41) is 1.46. The minimum absolute atomic E-state index is 0.333. The van der Waals surface area contributed by atoms with E-state index in [1.165, 1.54) is 11.0 Å². The highest BCUT2D eigenvalue weighted by molar-refractivity contribution is 6.33. The van der Waals surface area contributed by atoms with E-state index < -0.39 is 0 Å². The summed E-state index contributed by atoms with van der Waals surface area (Å²) in [7, 11) is 0. The molecule has 1 aliphatic heterocycles. The zero-order valence-electron chi connectivity index (χ0n) is 12.5. The van der Waals surface area contributed by atoms with Gasteiger partial charge in [0.05, 0.1) is 17.1 Å². The highest BCUT2D eigenvalue weighted by atomic mass is 35.5. The van der Waals surface area contributed by atoms with E-state index in [1.807, 2.05) is 13.0 Å². The van der Waals surface area contributed by atoms with Gasteiger partial charge in [-0.1, -0.05) is 25.4 Å². The molecule has 5 heteroatoms. The van der Waals surface area contributed by atoms with Crippen LogP contribution in [-0.4, -0.2) is 13.3 Å². The van der Waals surface area contributed by atoms with Gasteiger partial charge in [0.1, 0.15) is 6.54 Å². The third kappa shape index (κ3) is 2.65. The molecule has 2 aromatic rings. The predicted octanol–water partition coefficient (Wildman–Crippen LogP) is 2.15. The Bertz CT molecular complexity index is 751. The van der Waals surface area contributed by atoms with E-state index in [2.05, 4.69) is 13.8 Å². The highest BCUT2D eigenvalue weighted by Crippen LogP contribution is 2.36. The van der Waals surface area contributed by atoms with Crippen LogP contribution in [0.2, 0.25) is 5.02 Å². The molecule has 0 aliphatic carbocycles. The smallest absolute Gasteiger partial charge is 0.336 e. The van der Waals surface area contributed by atoms with Crippen LogP contribution in [0.15, 0.2) is 21.3 Å². The van der Waals surface area contributed by atoms with Crippen molar-refractivity contribution in [3.8, 4) is 5.75 Å². The molecule has 112 valence electrons. The van der Waals surface area contributed by atoms with E-state index in [1.54, 1.807) is 0 Å². The second kappa shape index (κ2) is 5.35. The summed E-state index contributed by atoms with van der Waals surface area (Å²) in [4.78, 5) is 13.0. The van der Waals surface area contributed by atoms with Crippen LogP contribution >= 0.6 is 11.6 Å². The first-order valence-electron chi connectivity index (χ1n) is 7.18. The number of hydrogen-bond donors (Lipinski definition) is 1. The van der Waals surface area contributed by atoms with E-state index in [4.69, 9.17) is 20.8 Å². The summed E-state index contributed by atoms with van der Waals surface area (Å²) in [6.45, 7) is 8.61. The molecule has 0 fully saturated rings. The fourth-order valence-corrected chi connectivity index (χ4v) is 3.24. The van der Waals surface area contributed by atoms with Crippen molar-refractivity contribution in [1.82, 2.24) is 0 Å². The Kier molecular flexibility index (Phi) is 3.68. The molecular weight excluding hydrogens is 290 g/mol. The van der Waals surface area contributed by atoms with Gasteiger partial charge in [-0.3, -0.25) is 4.90 Å². The first kappa shape index (κ1) is 14.4. The zero-order chi connectivity index (χ0) is 15.1. The third-order valence-corrected chi connectivity index (χ3v) is 4.07. The van der Waals surface area contributed by atoms with E-state index in [0.717, 1.165) is 29.6 Å². The molecule has 0 spiro atoms. The summed E-state index contributed by atoms with van der Waals surface area (Å²) >= 11 is 6.33. The van der Waals surface area contributed by atoms with Crippen molar-refractivity contribution < 1.29 is 14.1 Å². The van der Waals surface area contributed by atoms with Crippen molar-refractivity contribution in [1.29, 1.82) is 0 Å². The van der Waals surface area contributed by atoms with Gasteiger partial charge in [0, 0.05) is 17.4 Å². The Morgan fingerprint density at radius 1 is 1.38 bits per heavy atom. The molecule has 0 saturated carbocycles. The summed E-state index contributed by atoms with van der Waals surface area (Å²) in [6, 6.07) is 3.31. The number of benzene rings is 1. The molecule has 0 radical (unpaired) electrons. The number of rotatable bonds is 2. The number of hydrogen-bond acceptors (Lipinski definition) is 3. The van der Waals surface area contributed by atoms with Crippen LogP contribution in [0.3, 0.4) is 0 Å². The van der Waals surface area contributed by atoms with Gasteiger partial charge < -0.3 is 9.15 Å². The molecule has 1 unspecified atom stereocenters. The maximum absolute atomic E-state index is 11.7. The van der Waals surface area contributed by atoms with Crippen LogP contribution in [0.1, 0.15) is 25.0 Å². The standard InChI is InChI=1S/C16H18ClNO3/c1-9(2)6-18-7-12-15-11(10(3)4-14(19)21-15)5-13(17)16(12)20-8-18/h4-5,9H,6-8H2,1-3H3/p+1. The normalized spacial score (nSPS) is 17.9. The van der Waals surface area contributed by atoms with Crippen molar-refractivity contribution >= 4 is 22.6 Å². The number of halogens is 1. The molecule has 4 nitrogen and oxygen atoms in total. The van der Waals surface area contributed by atoms with Crippen molar-refractivity contribution in [3.63, 3.8) is 0 Å². The Morgan fingerprint density at radius 3 is 2.86 bits per heavy atom. The monoisotopic (exact) mass is 308 g/mol. The fraction of sp³-hybridized carbons (Fsp3) is 0.438. The lowest BCUT2D eigenvalue weighted by atomic mass is 10.0. The number of fused-ring (bicyclic) bond motifs is 3. The van der Waals surface area contributed by atoms with Crippen LogP contribution in [0, 0.1) is 12.8 Å².